The number of esters is 1. The molecule has 0 bridgehead atoms. The Morgan fingerprint density at radius 1 is 1.26 bits per heavy atom. The van der Waals surface area contributed by atoms with Crippen molar-refractivity contribution in [2.75, 3.05) is 51.0 Å². The highest BCUT2D eigenvalue weighted by Crippen LogP contribution is 2.38. The largest absolute Gasteiger partial charge is 0.491 e. The number of hydrogen-bond donors (Lipinski definition) is 0. The number of rotatable bonds is 8. The Bertz CT molecular complexity index is 1180. The van der Waals surface area contributed by atoms with E-state index in [9.17, 15) is 4.79 Å². The van der Waals surface area contributed by atoms with Crippen LogP contribution in [-0.4, -0.2) is 73.0 Å². The summed E-state index contributed by atoms with van der Waals surface area (Å²) in [6.07, 6.45) is 1.95. The summed E-state index contributed by atoms with van der Waals surface area (Å²) in [5, 5.41) is 5.44. The van der Waals surface area contributed by atoms with Gasteiger partial charge in [0.1, 0.15) is 24.0 Å². The second kappa shape index (κ2) is 9.60. The molecule has 1 atom stereocenters. The van der Waals surface area contributed by atoms with Gasteiger partial charge in [-0.25, -0.2) is 14.5 Å². The minimum absolute atomic E-state index is 0.108. The summed E-state index contributed by atoms with van der Waals surface area (Å²) in [4.78, 5) is 20.6. The predicted molar refractivity (Wildman–Crippen MR) is 128 cm³/mol. The van der Waals surface area contributed by atoms with Gasteiger partial charge in [-0.05, 0) is 32.9 Å². The Balaban J connectivity index is 1.72. The summed E-state index contributed by atoms with van der Waals surface area (Å²) in [6, 6.07) is 7.77. The molecule has 9 heteroatoms. The number of fused-ring (bicyclic) bond motifs is 1. The van der Waals surface area contributed by atoms with E-state index in [1.54, 1.807) is 6.20 Å². The molecule has 2 fully saturated rings. The van der Waals surface area contributed by atoms with Gasteiger partial charge in [-0.15, -0.1) is 0 Å². The number of pyridine rings is 1. The fourth-order valence-corrected chi connectivity index (χ4v) is 4.23. The standard InChI is InChI=1S/C25H30N4O5/c1-4-32-25(30)21-22(17-6-5-7-18(12-17)33-14-19-15-34-19)27-24-20(13-26-29(24)16(2)3)23(21)28-8-10-31-11-9-28/h5-7,12-13,16,19H,4,8-11,14-15H2,1-3H3. The van der Waals surface area contributed by atoms with Crippen LogP contribution in [0.5, 0.6) is 5.75 Å². The van der Waals surface area contributed by atoms with Crippen LogP contribution in [0.2, 0.25) is 0 Å². The monoisotopic (exact) mass is 466 g/mol. The van der Waals surface area contributed by atoms with Gasteiger partial charge in [-0.2, -0.15) is 5.10 Å². The fourth-order valence-electron chi connectivity index (χ4n) is 4.23. The van der Waals surface area contributed by atoms with Crippen LogP contribution < -0.4 is 9.64 Å². The fraction of sp³-hybridized carbons (Fsp3) is 0.480. The van der Waals surface area contributed by atoms with Crippen molar-refractivity contribution in [3.8, 4) is 17.0 Å². The number of ether oxygens (including phenoxy) is 4. The lowest BCUT2D eigenvalue weighted by atomic mass is 10.0. The number of hydrogen-bond acceptors (Lipinski definition) is 8. The Hall–Kier alpha value is -3.17. The molecular weight excluding hydrogens is 436 g/mol. The molecule has 1 unspecified atom stereocenters. The lowest BCUT2D eigenvalue weighted by Gasteiger charge is -2.31. The molecule has 2 aliphatic heterocycles. The highest BCUT2D eigenvalue weighted by molar-refractivity contribution is 6.09. The normalized spacial score (nSPS) is 17.9. The van der Waals surface area contributed by atoms with Gasteiger partial charge in [0, 0.05) is 24.7 Å². The van der Waals surface area contributed by atoms with Gasteiger partial charge in [0.05, 0.1) is 49.4 Å². The smallest absolute Gasteiger partial charge is 0.342 e. The van der Waals surface area contributed by atoms with Crippen LogP contribution in [-0.2, 0) is 14.2 Å². The quantitative estimate of drug-likeness (QED) is 0.368. The molecule has 0 amide bonds. The van der Waals surface area contributed by atoms with Crippen molar-refractivity contribution >= 4 is 22.7 Å². The van der Waals surface area contributed by atoms with E-state index in [4.69, 9.17) is 23.9 Å². The average molecular weight is 467 g/mol. The molecule has 2 aliphatic rings. The molecular formula is C25H30N4O5. The third kappa shape index (κ3) is 4.45. The van der Waals surface area contributed by atoms with Crippen LogP contribution in [0.15, 0.2) is 30.5 Å². The number of anilines is 1. The van der Waals surface area contributed by atoms with Gasteiger partial charge in [0.15, 0.2) is 5.65 Å². The third-order valence-corrected chi connectivity index (χ3v) is 5.96. The van der Waals surface area contributed by atoms with E-state index in [0.29, 0.717) is 49.9 Å². The summed E-state index contributed by atoms with van der Waals surface area (Å²) in [6.45, 7) is 9.96. The summed E-state index contributed by atoms with van der Waals surface area (Å²) in [5.74, 6) is 0.304. The zero-order valence-electron chi connectivity index (χ0n) is 19.8. The SMILES string of the molecule is CCOC(=O)c1c(-c2cccc(OCC3CO3)c2)nc2c(cnn2C(C)C)c1N1CCOCC1. The number of carbonyl (C=O) groups is 1. The summed E-state index contributed by atoms with van der Waals surface area (Å²) < 4.78 is 24.2. The van der Waals surface area contributed by atoms with Crippen molar-refractivity contribution < 1.29 is 23.7 Å². The molecule has 9 nitrogen and oxygen atoms in total. The van der Waals surface area contributed by atoms with Crippen molar-refractivity contribution in [2.24, 2.45) is 0 Å². The van der Waals surface area contributed by atoms with Crippen LogP contribution in [0, 0.1) is 0 Å². The van der Waals surface area contributed by atoms with Gasteiger partial charge >= 0.3 is 5.97 Å². The highest BCUT2D eigenvalue weighted by atomic mass is 16.6. The molecule has 0 radical (unpaired) electrons. The Kier molecular flexibility index (Phi) is 6.38. The van der Waals surface area contributed by atoms with E-state index in [1.165, 1.54) is 0 Å². The van der Waals surface area contributed by atoms with E-state index in [1.807, 2.05) is 35.9 Å². The molecule has 0 saturated carbocycles. The molecule has 0 aliphatic carbocycles. The van der Waals surface area contributed by atoms with Crippen molar-refractivity contribution in [3.63, 3.8) is 0 Å². The van der Waals surface area contributed by atoms with E-state index < -0.39 is 5.97 Å². The van der Waals surface area contributed by atoms with Crippen molar-refractivity contribution in [3.05, 3.63) is 36.0 Å². The number of nitrogens with zero attached hydrogens (tertiary/aromatic N) is 4. The first-order chi connectivity index (χ1) is 16.6. The number of aromatic nitrogens is 3. The molecule has 3 aromatic rings. The maximum atomic E-state index is 13.4. The lowest BCUT2D eigenvalue weighted by Crippen LogP contribution is -2.37. The predicted octanol–water partition coefficient (Wildman–Crippen LogP) is 3.47. The van der Waals surface area contributed by atoms with Crippen LogP contribution in [0.1, 0.15) is 37.2 Å². The second-order valence-corrected chi connectivity index (χ2v) is 8.72. The van der Waals surface area contributed by atoms with Gasteiger partial charge < -0.3 is 23.8 Å². The number of benzene rings is 1. The van der Waals surface area contributed by atoms with Crippen molar-refractivity contribution in [2.45, 2.75) is 32.9 Å². The van der Waals surface area contributed by atoms with Gasteiger partial charge in [0.2, 0.25) is 0 Å². The van der Waals surface area contributed by atoms with E-state index >= 15 is 0 Å². The highest BCUT2D eigenvalue weighted by Gasteiger charge is 2.30. The minimum Gasteiger partial charge on any atom is -0.491 e. The Morgan fingerprint density at radius 3 is 2.76 bits per heavy atom. The molecule has 5 rings (SSSR count). The van der Waals surface area contributed by atoms with E-state index in [0.717, 1.165) is 28.9 Å². The first-order valence-electron chi connectivity index (χ1n) is 11.8. The zero-order valence-corrected chi connectivity index (χ0v) is 19.8. The summed E-state index contributed by atoms with van der Waals surface area (Å²) in [5.41, 5.74) is 3.32. The lowest BCUT2D eigenvalue weighted by molar-refractivity contribution is 0.0527. The second-order valence-electron chi connectivity index (χ2n) is 8.72. The maximum absolute atomic E-state index is 13.4. The summed E-state index contributed by atoms with van der Waals surface area (Å²) >= 11 is 0. The molecule has 0 N–H and O–H groups in total. The van der Waals surface area contributed by atoms with E-state index in [-0.39, 0.29) is 18.8 Å². The third-order valence-electron chi connectivity index (χ3n) is 5.96. The van der Waals surface area contributed by atoms with Gasteiger partial charge in [-0.1, -0.05) is 12.1 Å². The average Bonchev–Trinajstić information content (AvgIpc) is 3.59. The molecule has 0 spiro atoms. The molecule has 2 saturated heterocycles. The van der Waals surface area contributed by atoms with Crippen LogP contribution in [0.25, 0.3) is 22.3 Å². The Morgan fingerprint density at radius 2 is 2.06 bits per heavy atom. The Labute approximate surface area is 198 Å². The topological polar surface area (TPSA) is 91.2 Å². The molecule has 1 aromatic carbocycles. The van der Waals surface area contributed by atoms with Crippen LogP contribution in [0.4, 0.5) is 5.69 Å². The molecule has 34 heavy (non-hydrogen) atoms. The van der Waals surface area contributed by atoms with Crippen LogP contribution in [0.3, 0.4) is 0 Å². The molecule has 2 aromatic heterocycles. The van der Waals surface area contributed by atoms with E-state index in [2.05, 4.69) is 23.8 Å². The van der Waals surface area contributed by atoms with Gasteiger partial charge in [0.25, 0.3) is 0 Å². The first-order valence-corrected chi connectivity index (χ1v) is 11.8. The number of epoxide rings is 1. The van der Waals surface area contributed by atoms with Crippen molar-refractivity contribution in [1.29, 1.82) is 0 Å². The zero-order chi connectivity index (χ0) is 23.7. The van der Waals surface area contributed by atoms with Crippen molar-refractivity contribution in [1.82, 2.24) is 14.8 Å². The first kappa shape index (κ1) is 22.6. The minimum atomic E-state index is -0.400. The number of carbonyl (C=O) groups excluding carboxylic acids is 1. The summed E-state index contributed by atoms with van der Waals surface area (Å²) in [7, 11) is 0. The molecule has 180 valence electrons. The molecule has 4 heterocycles. The maximum Gasteiger partial charge on any atom is 0.342 e. The number of morpholine rings is 1. The van der Waals surface area contributed by atoms with Crippen LogP contribution >= 0.6 is 0 Å². The van der Waals surface area contributed by atoms with Gasteiger partial charge in [-0.3, -0.25) is 0 Å².